The molecule has 9 heteroatoms. The minimum atomic E-state index is -3.24. The minimum Gasteiger partial charge on any atom is -0.486 e. The van der Waals surface area contributed by atoms with Crippen LogP contribution >= 0.6 is 0 Å². The van der Waals surface area contributed by atoms with Crippen LogP contribution in [0.25, 0.3) is 11.4 Å². The van der Waals surface area contributed by atoms with E-state index in [0.717, 1.165) is 24.1 Å². The van der Waals surface area contributed by atoms with Gasteiger partial charge in [0.25, 0.3) is 0 Å². The van der Waals surface area contributed by atoms with Gasteiger partial charge in [-0.15, -0.1) is 0 Å². The molecular formula is C23H29N3O5S. The number of carbonyl (C=O) groups excluding carboxylic acids is 1. The molecule has 32 heavy (non-hydrogen) atoms. The molecule has 4 rings (SSSR count). The Labute approximate surface area is 188 Å². The Hall–Kier alpha value is -2.68. The number of nitrogens with zero attached hydrogens (tertiary/aromatic N) is 3. The number of fused-ring (bicyclic) bond motifs is 1. The second kappa shape index (κ2) is 8.35. The summed E-state index contributed by atoms with van der Waals surface area (Å²) in [6, 6.07) is 6.58. The fourth-order valence-electron chi connectivity index (χ4n) is 4.08. The summed E-state index contributed by atoms with van der Waals surface area (Å²) in [5.74, 6) is 1.58. The zero-order valence-corrected chi connectivity index (χ0v) is 19.7. The monoisotopic (exact) mass is 459 g/mol. The van der Waals surface area contributed by atoms with Crippen LogP contribution in [-0.4, -0.2) is 60.4 Å². The molecule has 1 atom stereocenters. The highest BCUT2D eigenvalue weighted by atomic mass is 32.2. The van der Waals surface area contributed by atoms with E-state index in [9.17, 15) is 13.2 Å². The zero-order valence-electron chi connectivity index (χ0n) is 18.9. The zero-order chi connectivity index (χ0) is 23.1. The summed E-state index contributed by atoms with van der Waals surface area (Å²) in [5.41, 5.74) is 1.13. The highest BCUT2D eigenvalue weighted by Crippen LogP contribution is 2.35. The Kier molecular flexibility index (Phi) is 5.87. The Balaban J connectivity index is 1.38. The van der Waals surface area contributed by atoms with Gasteiger partial charge in [-0.1, -0.05) is 0 Å². The van der Waals surface area contributed by atoms with Crippen LogP contribution < -0.4 is 4.74 Å². The Bertz CT molecular complexity index is 1100. The number of amides is 1. The quantitative estimate of drug-likeness (QED) is 0.693. The van der Waals surface area contributed by atoms with Crippen molar-refractivity contribution in [3.63, 3.8) is 0 Å². The van der Waals surface area contributed by atoms with E-state index < -0.39 is 15.4 Å². The highest BCUT2D eigenvalue weighted by Gasteiger charge is 2.36. The average molecular weight is 460 g/mol. The first-order valence-corrected chi connectivity index (χ1v) is 12.7. The Morgan fingerprint density at radius 3 is 2.41 bits per heavy atom. The lowest BCUT2D eigenvalue weighted by Crippen LogP contribution is -2.44. The van der Waals surface area contributed by atoms with Crippen molar-refractivity contribution >= 4 is 15.9 Å². The van der Waals surface area contributed by atoms with Gasteiger partial charge in [0.2, 0.25) is 0 Å². The fourth-order valence-corrected chi connectivity index (χ4v) is 4.71. The van der Waals surface area contributed by atoms with Gasteiger partial charge in [0.1, 0.15) is 11.7 Å². The van der Waals surface area contributed by atoms with E-state index in [1.165, 1.54) is 6.26 Å². The molecule has 0 unspecified atom stereocenters. The van der Waals surface area contributed by atoms with Crippen molar-refractivity contribution < 1.29 is 22.7 Å². The van der Waals surface area contributed by atoms with Crippen molar-refractivity contribution in [1.82, 2.24) is 14.9 Å². The number of aromatic nitrogens is 2. The molecule has 0 spiro atoms. The highest BCUT2D eigenvalue weighted by molar-refractivity contribution is 7.90. The third-order valence-electron chi connectivity index (χ3n) is 5.76. The number of hydrogen-bond donors (Lipinski definition) is 0. The van der Waals surface area contributed by atoms with Crippen LogP contribution in [0.2, 0.25) is 0 Å². The largest absolute Gasteiger partial charge is 0.486 e. The summed E-state index contributed by atoms with van der Waals surface area (Å²) in [7, 11) is -3.24. The summed E-state index contributed by atoms with van der Waals surface area (Å²) in [6.45, 7) is 6.92. The maximum absolute atomic E-state index is 12.3. The van der Waals surface area contributed by atoms with E-state index in [2.05, 4.69) is 9.97 Å². The van der Waals surface area contributed by atoms with Crippen LogP contribution in [0.1, 0.15) is 39.3 Å². The van der Waals surface area contributed by atoms with Crippen molar-refractivity contribution in [3.8, 4) is 17.1 Å². The molecule has 3 heterocycles. The molecule has 8 nitrogen and oxygen atoms in total. The van der Waals surface area contributed by atoms with Gasteiger partial charge in [0.15, 0.2) is 21.4 Å². The Morgan fingerprint density at radius 1 is 1.16 bits per heavy atom. The van der Waals surface area contributed by atoms with E-state index >= 15 is 0 Å². The molecule has 0 radical (unpaired) electrons. The smallest absolute Gasteiger partial charge is 0.410 e. The van der Waals surface area contributed by atoms with Crippen molar-refractivity contribution in [2.24, 2.45) is 5.92 Å². The summed E-state index contributed by atoms with van der Waals surface area (Å²) in [4.78, 5) is 23.4. The van der Waals surface area contributed by atoms with E-state index in [4.69, 9.17) is 9.47 Å². The number of rotatable bonds is 3. The number of sulfone groups is 1. The first kappa shape index (κ1) is 22.5. The second-order valence-electron chi connectivity index (χ2n) is 9.47. The average Bonchev–Trinajstić information content (AvgIpc) is 3.15. The van der Waals surface area contributed by atoms with Crippen LogP contribution in [0.4, 0.5) is 4.79 Å². The maximum Gasteiger partial charge on any atom is 0.410 e. The van der Waals surface area contributed by atoms with Crippen molar-refractivity contribution in [2.75, 3.05) is 19.3 Å². The maximum atomic E-state index is 12.3. The molecule has 0 saturated carbocycles. The van der Waals surface area contributed by atoms with Crippen molar-refractivity contribution in [1.29, 1.82) is 0 Å². The van der Waals surface area contributed by atoms with Gasteiger partial charge in [-0.2, -0.15) is 0 Å². The van der Waals surface area contributed by atoms with Gasteiger partial charge >= 0.3 is 6.09 Å². The standard InChI is InChI=1S/C23H29N3O5S/c1-23(2,3)31-22(27)26-11-9-15(10-12-26)19-13-18-20(30-19)14-24-21(25-18)16-5-7-17(8-6-16)32(4,28)29/h5-8,14-15,19H,9-13H2,1-4H3/t19-/m1/s1. The van der Waals surface area contributed by atoms with E-state index in [1.807, 2.05) is 20.8 Å². The number of likely N-dealkylation sites (tertiary alicyclic amines) is 1. The number of carbonyl (C=O) groups is 1. The van der Waals surface area contributed by atoms with Gasteiger partial charge in [-0.25, -0.2) is 23.2 Å². The van der Waals surface area contributed by atoms with Gasteiger partial charge in [-0.3, -0.25) is 0 Å². The van der Waals surface area contributed by atoms with E-state index in [0.29, 0.717) is 37.0 Å². The normalized spacial score (nSPS) is 19.4. The molecule has 0 N–H and O–H groups in total. The molecule has 2 aromatic rings. The van der Waals surface area contributed by atoms with Crippen molar-refractivity contribution in [3.05, 3.63) is 36.2 Å². The third kappa shape index (κ3) is 5.03. The van der Waals surface area contributed by atoms with Gasteiger partial charge in [0, 0.05) is 31.3 Å². The first-order chi connectivity index (χ1) is 15.0. The van der Waals surface area contributed by atoms with Gasteiger partial charge < -0.3 is 14.4 Å². The molecule has 1 aromatic carbocycles. The van der Waals surface area contributed by atoms with Gasteiger partial charge in [-0.05, 0) is 63.8 Å². The fraction of sp³-hybridized carbons (Fsp3) is 0.522. The van der Waals surface area contributed by atoms with Crippen LogP contribution in [0.5, 0.6) is 5.75 Å². The predicted octanol–water partition coefficient (Wildman–Crippen LogP) is 3.50. The number of ether oxygens (including phenoxy) is 2. The Morgan fingerprint density at radius 2 is 1.81 bits per heavy atom. The third-order valence-corrected chi connectivity index (χ3v) is 6.89. The summed E-state index contributed by atoms with van der Waals surface area (Å²) in [6.07, 6.45) is 5.04. The van der Waals surface area contributed by atoms with Crippen molar-refractivity contribution in [2.45, 2.75) is 56.6 Å². The SMILES string of the molecule is CC(C)(C)OC(=O)N1CCC([C@H]2Cc3nc(-c4ccc(S(C)(=O)=O)cc4)ncc3O2)CC1. The topological polar surface area (TPSA) is 98.7 Å². The molecule has 0 aliphatic carbocycles. The molecule has 1 fully saturated rings. The predicted molar refractivity (Wildman–Crippen MR) is 119 cm³/mol. The molecule has 172 valence electrons. The van der Waals surface area contributed by atoms with Gasteiger partial charge in [0.05, 0.1) is 16.8 Å². The summed E-state index contributed by atoms with van der Waals surface area (Å²) >= 11 is 0. The minimum absolute atomic E-state index is 0.0166. The lowest BCUT2D eigenvalue weighted by molar-refractivity contribution is 0.0123. The second-order valence-corrected chi connectivity index (χ2v) is 11.5. The van der Waals surface area contributed by atoms with Crippen LogP contribution in [0, 0.1) is 5.92 Å². The summed E-state index contributed by atoms with van der Waals surface area (Å²) < 4.78 is 34.9. The lowest BCUT2D eigenvalue weighted by atomic mass is 9.90. The van der Waals surface area contributed by atoms with Crippen LogP contribution in [-0.2, 0) is 21.0 Å². The molecular weight excluding hydrogens is 430 g/mol. The molecule has 1 saturated heterocycles. The molecule has 2 aliphatic rings. The van der Waals surface area contributed by atoms with Crippen LogP contribution in [0.3, 0.4) is 0 Å². The number of hydrogen-bond acceptors (Lipinski definition) is 7. The number of piperidine rings is 1. The van der Waals surface area contributed by atoms with E-state index in [-0.39, 0.29) is 17.1 Å². The van der Waals surface area contributed by atoms with Crippen LogP contribution in [0.15, 0.2) is 35.4 Å². The molecule has 2 aliphatic heterocycles. The molecule has 1 aromatic heterocycles. The van der Waals surface area contributed by atoms with E-state index in [1.54, 1.807) is 35.4 Å². The molecule has 1 amide bonds. The number of benzene rings is 1. The molecule has 0 bridgehead atoms. The first-order valence-electron chi connectivity index (χ1n) is 10.8. The summed E-state index contributed by atoms with van der Waals surface area (Å²) in [5, 5.41) is 0. The lowest BCUT2D eigenvalue weighted by Gasteiger charge is -2.35.